The van der Waals surface area contributed by atoms with Crippen molar-refractivity contribution in [1.82, 2.24) is 9.88 Å². The largest absolute Gasteiger partial charge is 0.352 e. The van der Waals surface area contributed by atoms with Crippen molar-refractivity contribution in [3.8, 4) is 16.9 Å². The Balaban J connectivity index is 1.76. The van der Waals surface area contributed by atoms with E-state index in [9.17, 15) is 4.79 Å². The van der Waals surface area contributed by atoms with E-state index in [0.717, 1.165) is 30.5 Å². The highest BCUT2D eigenvalue weighted by atomic mass is 16.1. The van der Waals surface area contributed by atoms with Gasteiger partial charge in [0, 0.05) is 23.5 Å². The van der Waals surface area contributed by atoms with Gasteiger partial charge < -0.3 is 9.88 Å². The minimum atomic E-state index is 0.00279. The van der Waals surface area contributed by atoms with Crippen molar-refractivity contribution in [2.24, 2.45) is 0 Å². The molecule has 3 nitrogen and oxygen atoms in total. The van der Waals surface area contributed by atoms with E-state index in [0.29, 0.717) is 6.54 Å². The molecule has 1 heterocycles. The van der Waals surface area contributed by atoms with Crippen LogP contribution >= 0.6 is 0 Å². The third-order valence-corrected chi connectivity index (χ3v) is 5.54. The lowest BCUT2D eigenvalue weighted by Gasteiger charge is -2.15. The number of carbonyl (C=O) groups excluding carboxylic acids is 1. The predicted molar refractivity (Wildman–Crippen MR) is 115 cm³/mol. The van der Waals surface area contributed by atoms with Gasteiger partial charge in [-0.1, -0.05) is 43.7 Å². The van der Waals surface area contributed by atoms with Crippen molar-refractivity contribution < 1.29 is 4.79 Å². The summed E-state index contributed by atoms with van der Waals surface area (Å²) in [5.41, 5.74) is 7.24. The number of carbonyl (C=O) groups is 1. The summed E-state index contributed by atoms with van der Waals surface area (Å²) in [5.74, 6) is 0.00279. The van der Waals surface area contributed by atoms with Crippen molar-refractivity contribution in [3.05, 3.63) is 77.5 Å². The molecule has 28 heavy (non-hydrogen) atoms. The van der Waals surface area contributed by atoms with Gasteiger partial charge in [-0.3, -0.25) is 4.79 Å². The molecule has 0 saturated heterocycles. The number of nitrogens with one attached hydrogen (secondary N) is 1. The van der Waals surface area contributed by atoms with Crippen molar-refractivity contribution in [2.45, 2.75) is 45.4 Å². The molecule has 2 aromatic carbocycles. The third kappa shape index (κ3) is 3.75. The molecule has 0 spiro atoms. The molecule has 0 fully saturated rings. The van der Waals surface area contributed by atoms with E-state index in [2.05, 4.69) is 65.3 Å². The molecule has 0 bridgehead atoms. The first-order chi connectivity index (χ1) is 13.8. The van der Waals surface area contributed by atoms with Gasteiger partial charge in [0.05, 0.1) is 5.69 Å². The lowest BCUT2D eigenvalue weighted by molar-refractivity contribution is 0.0953. The van der Waals surface area contributed by atoms with Crippen LogP contribution in [0.4, 0.5) is 0 Å². The number of aryl methyl sites for hydroxylation is 1. The van der Waals surface area contributed by atoms with Crippen LogP contribution in [0.3, 0.4) is 0 Å². The summed E-state index contributed by atoms with van der Waals surface area (Å²) in [7, 11) is 0. The third-order valence-electron chi connectivity index (χ3n) is 5.54. The molecule has 0 atom stereocenters. The van der Waals surface area contributed by atoms with Crippen molar-refractivity contribution >= 4 is 5.91 Å². The predicted octanol–water partition coefficient (Wildman–Crippen LogP) is 5.55. The Kier molecular flexibility index (Phi) is 5.61. The van der Waals surface area contributed by atoms with Crippen LogP contribution < -0.4 is 5.32 Å². The van der Waals surface area contributed by atoms with E-state index in [1.54, 1.807) is 0 Å². The maximum Gasteiger partial charge on any atom is 0.251 e. The molecule has 3 aromatic rings. The minimum Gasteiger partial charge on any atom is -0.352 e. The van der Waals surface area contributed by atoms with Crippen LogP contribution in [0, 0.1) is 0 Å². The van der Waals surface area contributed by atoms with Crippen molar-refractivity contribution in [2.75, 3.05) is 6.54 Å². The molecule has 4 rings (SSSR count). The first-order valence-electron chi connectivity index (χ1n) is 10.5. The number of fused-ring (bicyclic) bond motifs is 1. The summed E-state index contributed by atoms with van der Waals surface area (Å²) in [5, 5.41) is 2.95. The van der Waals surface area contributed by atoms with E-state index in [1.165, 1.54) is 41.8 Å². The van der Waals surface area contributed by atoms with Crippen LogP contribution in [-0.4, -0.2) is 17.0 Å². The number of hydrogen-bond acceptors (Lipinski definition) is 1. The first-order valence-corrected chi connectivity index (χ1v) is 10.5. The molecule has 1 aromatic heterocycles. The quantitative estimate of drug-likeness (QED) is 0.585. The van der Waals surface area contributed by atoms with Gasteiger partial charge in [-0.25, -0.2) is 0 Å². The lowest BCUT2D eigenvalue weighted by atomic mass is 10.1. The smallest absolute Gasteiger partial charge is 0.251 e. The lowest BCUT2D eigenvalue weighted by Crippen LogP contribution is -2.23. The molecule has 1 aliphatic carbocycles. The standard InChI is InChI=1S/C25H28N2O/c1-2-17-26-25(28)20-13-15-22(16-14-20)27-23-12-8-4-7-11-21(23)18-24(27)19-9-5-3-6-10-19/h3,5-6,9-10,13-16,18H,2,4,7-8,11-12,17H2,1H3,(H,26,28). The molecule has 1 amide bonds. The van der Waals surface area contributed by atoms with E-state index < -0.39 is 0 Å². The van der Waals surface area contributed by atoms with Gasteiger partial charge in [0.1, 0.15) is 0 Å². The van der Waals surface area contributed by atoms with Gasteiger partial charge in [0.25, 0.3) is 5.91 Å². The fourth-order valence-electron chi connectivity index (χ4n) is 4.09. The van der Waals surface area contributed by atoms with Gasteiger partial charge in [0.15, 0.2) is 0 Å². The molecule has 0 saturated carbocycles. The molecule has 1 aliphatic rings. The molecule has 3 heteroatoms. The zero-order valence-corrected chi connectivity index (χ0v) is 16.6. The van der Waals surface area contributed by atoms with Crippen LogP contribution in [0.1, 0.15) is 54.2 Å². The summed E-state index contributed by atoms with van der Waals surface area (Å²) in [6, 6.07) is 21.0. The Morgan fingerprint density at radius 1 is 0.964 bits per heavy atom. The SMILES string of the molecule is CCCNC(=O)c1ccc(-n2c(-c3ccccc3)cc3c2CCCCC3)cc1. The number of aromatic nitrogens is 1. The van der Waals surface area contributed by atoms with Gasteiger partial charge in [-0.2, -0.15) is 0 Å². The first kappa shape index (κ1) is 18.5. The average molecular weight is 373 g/mol. The normalized spacial score (nSPS) is 13.6. The summed E-state index contributed by atoms with van der Waals surface area (Å²) < 4.78 is 2.41. The van der Waals surface area contributed by atoms with E-state index in [-0.39, 0.29) is 5.91 Å². The second kappa shape index (κ2) is 8.47. The molecule has 0 unspecified atom stereocenters. The maximum absolute atomic E-state index is 12.3. The Labute approximate surface area is 167 Å². The van der Waals surface area contributed by atoms with Crippen LogP contribution in [0.5, 0.6) is 0 Å². The second-order valence-corrected chi connectivity index (χ2v) is 7.57. The average Bonchev–Trinajstić information content (AvgIpc) is 2.95. The van der Waals surface area contributed by atoms with E-state index in [1.807, 2.05) is 12.1 Å². The zero-order valence-electron chi connectivity index (χ0n) is 16.6. The minimum absolute atomic E-state index is 0.00279. The van der Waals surface area contributed by atoms with Crippen LogP contribution in [0.25, 0.3) is 16.9 Å². The summed E-state index contributed by atoms with van der Waals surface area (Å²) in [6.07, 6.45) is 7.01. The Hall–Kier alpha value is -2.81. The number of nitrogens with zero attached hydrogens (tertiary/aromatic N) is 1. The number of rotatable bonds is 5. The van der Waals surface area contributed by atoms with Gasteiger partial charge >= 0.3 is 0 Å². The summed E-state index contributed by atoms with van der Waals surface area (Å²) in [4.78, 5) is 12.3. The fourth-order valence-corrected chi connectivity index (χ4v) is 4.09. The highest BCUT2D eigenvalue weighted by Crippen LogP contribution is 2.33. The van der Waals surface area contributed by atoms with E-state index >= 15 is 0 Å². The van der Waals surface area contributed by atoms with Crippen LogP contribution in [0.15, 0.2) is 60.7 Å². The number of benzene rings is 2. The summed E-state index contributed by atoms with van der Waals surface area (Å²) in [6.45, 7) is 2.77. The molecule has 0 aliphatic heterocycles. The second-order valence-electron chi connectivity index (χ2n) is 7.57. The van der Waals surface area contributed by atoms with E-state index in [4.69, 9.17) is 0 Å². The maximum atomic E-state index is 12.3. The molecule has 0 radical (unpaired) electrons. The molecular weight excluding hydrogens is 344 g/mol. The molecule has 1 N–H and O–H groups in total. The number of amides is 1. The molecule has 144 valence electrons. The monoisotopic (exact) mass is 372 g/mol. The molecular formula is C25H28N2O. The highest BCUT2D eigenvalue weighted by molar-refractivity contribution is 5.94. The van der Waals surface area contributed by atoms with Crippen molar-refractivity contribution in [3.63, 3.8) is 0 Å². The topological polar surface area (TPSA) is 34.0 Å². The number of hydrogen-bond donors (Lipinski definition) is 1. The van der Waals surface area contributed by atoms with Gasteiger partial charge in [0.2, 0.25) is 0 Å². The highest BCUT2D eigenvalue weighted by Gasteiger charge is 2.19. The Bertz CT molecular complexity index is 939. The van der Waals surface area contributed by atoms with Crippen LogP contribution in [-0.2, 0) is 12.8 Å². The summed E-state index contributed by atoms with van der Waals surface area (Å²) >= 11 is 0. The van der Waals surface area contributed by atoms with Gasteiger partial charge in [-0.15, -0.1) is 0 Å². The van der Waals surface area contributed by atoms with Crippen molar-refractivity contribution in [1.29, 1.82) is 0 Å². The zero-order chi connectivity index (χ0) is 19.3. The Morgan fingerprint density at radius 2 is 1.71 bits per heavy atom. The van der Waals surface area contributed by atoms with Gasteiger partial charge in [-0.05, 0) is 73.6 Å². The Morgan fingerprint density at radius 3 is 2.46 bits per heavy atom. The fraction of sp³-hybridized carbons (Fsp3) is 0.320. The van der Waals surface area contributed by atoms with Crippen LogP contribution in [0.2, 0.25) is 0 Å².